The van der Waals surface area contributed by atoms with Gasteiger partial charge < -0.3 is 5.32 Å². The van der Waals surface area contributed by atoms with E-state index in [1.54, 1.807) is 0 Å². The van der Waals surface area contributed by atoms with Crippen molar-refractivity contribution in [2.24, 2.45) is 5.92 Å². The maximum atomic E-state index is 11.2. The minimum Gasteiger partial charge on any atom is -0.310 e. The van der Waals surface area contributed by atoms with Gasteiger partial charge in [-0.25, -0.2) is 8.42 Å². The second-order valence-electron chi connectivity index (χ2n) is 4.80. The zero-order chi connectivity index (χ0) is 10.8. The lowest BCUT2D eigenvalue weighted by molar-refractivity contribution is 0.404. The Morgan fingerprint density at radius 1 is 1.36 bits per heavy atom. The molecule has 0 aromatic heterocycles. The first-order valence-electron chi connectivity index (χ1n) is 5.35. The summed E-state index contributed by atoms with van der Waals surface area (Å²) in [5, 5.41) is 3.39. The lowest BCUT2D eigenvalue weighted by atomic mass is 10.0. The van der Waals surface area contributed by atoms with E-state index in [1.807, 2.05) is 0 Å². The van der Waals surface area contributed by atoms with E-state index in [2.05, 4.69) is 26.1 Å². The molecule has 84 valence electrons. The minimum absolute atomic E-state index is 0.189. The van der Waals surface area contributed by atoms with E-state index in [9.17, 15) is 8.42 Å². The highest BCUT2D eigenvalue weighted by atomic mass is 32.2. The fourth-order valence-electron chi connectivity index (χ4n) is 2.10. The van der Waals surface area contributed by atoms with Crippen LogP contribution in [0.3, 0.4) is 0 Å². The van der Waals surface area contributed by atoms with E-state index in [0.29, 0.717) is 23.5 Å². The van der Waals surface area contributed by atoms with E-state index in [1.165, 1.54) is 0 Å². The third-order valence-electron chi connectivity index (χ3n) is 2.58. The van der Waals surface area contributed by atoms with E-state index in [4.69, 9.17) is 0 Å². The van der Waals surface area contributed by atoms with Gasteiger partial charge in [-0.1, -0.05) is 13.8 Å². The van der Waals surface area contributed by atoms with Gasteiger partial charge in [-0.05, 0) is 25.7 Å². The number of sulfone groups is 1. The monoisotopic (exact) mass is 219 g/mol. The molecule has 1 rings (SSSR count). The number of rotatable bonds is 4. The molecule has 1 heterocycles. The third-order valence-corrected chi connectivity index (χ3v) is 4.35. The molecular weight excluding hydrogens is 198 g/mol. The van der Waals surface area contributed by atoms with Crippen LogP contribution in [0.1, 0.15) is 33.6 Å². The van der Waals surface area contributed by atoms with Crippen molar-refractivity contribution < 1.29 is 8.42 Å². The molecule has 1 saturated heterocycles. The average molecular weight is 219 g/mol. The van der Waals surface area contributed by atoms with Gasteiger partial charge in [-0.2, -0.15) is 0 Å². The standard InChI is InChI=1S/C10H21NO2S/c1-8(2)6-9(3)11-10-4-5-14(12,13)7-10/h8-11H,4-7H2,1-3H3/t9-,10+/m1/s1. The Kier molecular flexibility index (Phi) is 3.95. The van der Waals surface area contributed by atoms with Gasteiger partial charge in [0.1, 0.15) is 0 Å². The van der Waals surface area contributed by atoms with Crippen LogP contribution in [0.4, 0.5) is 0 Å². The summed E-state index contributed by atoms with van der Waals surface area (Å²) in [5.74, 6) is 1.35. The summed E-state index contributed by atoms with van der Waals surface area (Å²) in [7, 11) is -2.73. The molecule has 0 aliphatic carbocycles. The molecule has 1 aliphatic rings. The van der Waals surface area contributed by atoms with Crippen LogP contribution in [-0.4, -0.2) is 32.0 Å². The Morgan fingerprint density at radius 2 is 2.00 bits per heavy atom. The van der Waals surface area contributed by atoms with Gasteiger partial charge in [0.25, 0.3) is 0 Å². The summed E-state index contributed by atoms with van der Waals surface area (Å²) < 4.78 is 22.4. The first-order valence-corrected chi connectivity index (χ1v) is 7.17. The zero-order valence-corrected chi connectivity index (χ0v) is 10.1. The van der Waals surface area contributed by atoms with Crippen LogP contribution in [0, 0.1) is 5.92 Å². The third kappa shape index (κ3) is 3.96. The second-order valence-corrected chi connectivity index (χ2v) is 7.03. The van der Waals surface area contributed by atoms with Crippen LogP contribution >= 0.6 is 0 Å². The minimum atomic E-state index is -2.73. The molecule has 0 saturated carbocycles. The highest BCUT2D eigenvalue weighted by Gasteiger charge is 2.28. The summed E-state index contributed by atoms with van der Waals surface area (Å²) in [6.07, 6.45) is 1.89. The summed E-state index contributed by atoms with van der Waals surface area (Å²) in [6.45, 7) is 6.50. The van der Waals surface area contributed by atoms with Gasteiger partial charge in [0.05, 0.1) is 11.5 Å². The molecule has 0 aromatic carbocycles. The van der Waals surface area contributed by atoms with Crippen LogP contribution in [0.15, 0.2) is 0 Å². The Morgan fingerprint density at radius 3 is 2.43 bits per heavy atom. The topological polar surface area (TPSA) is 46.2 Å². The zero-order valence-electron chi connectivity index (χ0n) is 9.29. The molecule has 14 heavy (non-hydrogen) atoms. The normalized spacial score (nSPS) is 28.1. The quantitative estimate of drug-likeness (QED) is 0.773. The van der Waals surface area contributed by atoms with Crippen molar-refractivity contribution in [2.75, 3.05) is 11.5 Å². The van der Waals surface area contributed by atoms with Gasteiger partial charge in [-0.3, -0.25) is 0 Å². The number of hydrogen-bond acceptors (Lipinski definition) is 3. The Hall–Kier alpha value is -0.0900. The Labute approximate surface area is 87.2 Å². The molecule has 4 heteroatoms. The molecule has 1 N–H and O–H groups in total. The smallest absolute Gasteiger partial charge is 0.151 e. The summed E-state index contributed by atoms with van der Waals surface area (Å²) in [6, 6.07) is 0.613. The van der Waals surface area contributed by atoms with Crippen LogP contribution < -0.4 is 5.32 Å². The van der Waals surface area contributed by atoms with Gasteiger partial charge >= 0.3 is 0 Å². The van der Waals surface area contributed by atoms with Gasteiger partial charge in [0.15, 0.2) is 9.84 Å². The Bertz CT molecular complexity index is 272. The summed E-state index contributed by atoms with van der Waals surface area (Å²) in [5.41, 5.74) is 0. The molecular formula is C10H21NO2S. The van der Waals surface area contributed by atoms with Gasteiger partial charge in [0, 0.05) is 12.1 Å². The molecule has 1 fully saturated rings. The summed E-state index contributed by atoms with van der Waals surface area (Å²) in [4.78, 5) is 0. The second kappa shape index (κ2) is 4.62. The molecule has 0 amide bonds. The number of hydrogen-bond donors (Lipinski definition) is 1. The van der Waals surface area contributed by atoms with E-state index in [0.717, 1.165) is 12.8 Å². The van der Waals surface area contributed by atoms with E-state index >= 15 is 0 Å². The largest absolute Gasteiger partial charge is 0.310 e. The van der Waals surface area contributed by atoms with Gasteiger partial charge in [-0.15, -0.1) is 0 Å². The SMILES string of the molecule is CC(C)C[C@@H](C)N[C@H]1CCS(=O)(=O)C1. The Balaban J connectivity index is 2.32. The van der Waals surface area contributed by atoms with Crippen molar-refractivity contribution in [3.8, 4) is 0 Å². The molecule has 0 spiro atoms. The first-order chi connectivity index (χ1) is 6.39. The van der Waals surface area contributed by atoms with Crippen LogP contribution in [0.25, 0.3) is 0 Å². The highest BCUT2D eigenvalue weighted by Crippen LogP contribution is 2.13. The number of nitrogens with one attached hydrogen (secondary N) is 1. The fraction of sp³-hybridized carbons (Fsp3) is 1.00. The highest BCUT2D eigenvalue weighted by molar-refractivity contribution is 7.91. The maximum Gasteiger partial charge on any atom is 0.151 e. The van der Waals surface area contributed by atoms with Gasteiger partial charge in [0.2, 0.25) is 0 Å². The maximum absolute atomic E-state index is 11.2. The molecule has 0 bridgehead atoms. The summed E-state index contributed by atoms with van der Waals surface area (Å²) >= 11 is 0. The van der Waals surface area contributed by atoms with Crippen molar-refractivity contribution in [1.29, 1.82) is 0 Å². The van der Waals surface area contributed by atoms with E-state index in [-0.39, 0.29) is 6.04 Å². The van der Waals surface area contributed by atoms with Crippen LogP contribution in [0.2, 0.25) is 0 Å². The molecule has 1 aliphatic heterocycles. The molecule has 2 atom stereocenters. The van der Waals surface area contributed by atoms with Crippen molar-refractivity contribution in [3.63, 3.8) is 0 Å². The predicted octanol–water partition coefficient (Wildman–Crippen LogP) is 1.20. The van der Waals surface area contributed by atoms with Crippen molar-refractivity contribution in [1.82, 2.24) is 5.32 Å². The van der Waals surface area contributed by atoms with Crippen LogP contribution in [-0.2, 0) is 9.84 Å². The fourth-order valence-corrected chi connectivity index (χ4v) is 3.79. The van der Waals surface area contributed by atoms with Crippen molar-refractivity contribution in [2.45, 2.75) is 45.7 Å². The lowest BCUT2D eigenvalue weighted by Crippen LogP contribution is -2.37. The first kappa shape index (κ1) is 12.0. The molecule has 0 aromatic rings. The average Bonchev–Trinajstić information content (AvgIpc) is 2.27. The van der Waals surface area contributed by atoms with Crippen molar-refractivity contribution in [3.05, 3.63) is 0 Å². The molecule has 0 unspecified atom stereocenters. The predicted molar refractivity (Wildman–Crippen MR) is 59.1 cm³/mol. The van der Waals surface area contributed by atoms with Crippen molar-refractivity contribution >= 4 is 9.84 Å². The van der Waals surface area contributed by atoms with Crippen LogP contribution in [0.5, 0.6) is 0 Å². The van der Waals surface area contributed by atoms with E-state index < -0.39 is 9.84 Å². The lowest BCUT2D eigenvalue weighted by Gasteiger charge is -2.19. The molecule has 0 radical (unpaired) electrons. The molecule has 3 nitrogen and oxygen atoms in total.